The van der Waals surface area contributed by atoms with Crippen LogP contribution in [0, 0.1) is 6.92 Å². The largest absolute Gasteiger partial charge is 0.293 e. The van der Waals surface area contributed by atoms with Crippen molar-refractivity contribution in [2.75, 3.05) is 0 Å². The number of carbonyl (C=O) groups is 1. The molecule has 0 fully saturated rings. The van der Waals surface area contributed by atoms with Crippen molar-refractivity contribution in [3.8, 4) is 0 Å². The number of pyridine rings is 1. The first-order chi connectivity index (χ1) is 6.18. The van der Waals surface area contributed by atoms with Crippen molar-refractivity contribution in [2.24, 2.45) is 0 Å². The van der Waals surface area contributed by atoms with E-state index in [9.17, 15) is 4.79 Å². The summed E-state index contributed by atoms with van der Waals surface area (Å²) in [6.45, 7) is 3.46. The molecule has 3 heteroatoms. The minimum Gasteiger partial charge on any atom is -0.293 e. The standard InChI is InChI=1S/C10H10N2O/c1-7-6-9-4-3-5-10(8(2)13)12(9)11-7/h3-6H,1-2H3. The van der Waals surface area contributed by atoms with Crippen LogP contribution in [-0.2, 0) is 0 Å². The lowest BCUT2D eigenvalue weighted by Crippen LogP contribution is -2.02. The van der Waals surface area contributed by atoms with Crippen LogP contribution < -0.4 is 0 Å². The van der Waals surface area contributed by atoms with Gasteiger partial charge in [0.1, 0.15) is 5.69 Å². The zero-order valence-corrected chi connectivity index (χ0v) is 7.61. The molecule has 0 unspecified atom stereocenters. The predicted octanol–water partition coefficient (Wildman–Crippen LogP) is 1.85. The Morgan fingerprint density at radius 1 is 1.46 bits per heavy atom. The fourth-order valence-corrected chi connectivity index (χ4v) is 1.41. The minimum absolute atomic E-state index is 0.0358. The van der Waals surface area contributed by atoms with Gasteiger partial charge in [0.2, 0.25) is 0 Å². The van der Waals surface area contributed by atoms with Crippen molar-refractivity contribution in [1.29, 1.82) is 0 Å². The van der Waals surface area contributed by atoms with Gasteiger partial charge in [-0.05, 0) is 25.1 Å². The van der Waals surface area contributed by atoms with Crippen LogP contribution in [0.15, 0.2) is 24.3 Å². The summed E-state index contributed by atoms with van der Waals surface area (Å²) >= 11 is 0. The third-order valence-corrected chi connectivity index (χ3v) is 1.97. The second-order valence-electron chi connectivity index (χ2n) is 3.09. The Morgan fingerprint density at radius 2 is 2.23 bits per heavy atom. The molecule has 2 rings (SSSR count). The molecule has 0 atom stereocenters. The van der Waals surface area contributed by atoms with E-state index in [1.165, 1.54) is 0 Å². The number of ketones is 1. The number of fused-ring (bicyclic) bond motifs is 1. The molecular weight excluding hydrogens is 164 g/mol. The second-order valence-corrected chi connectivity index (χ2v) is 3.09. The number of hydrogen-bond acceptors (Lipinski definition) is 2. The van der Waals surface area contributed by atoms with Gasteiger partial charge in [0.25, 0.3) is 0 Å². The monoisotopic (exact) mass is 174 g/mol. The molecule has 66 valence electrons. The van der Waals surface area contributed by atoms with E-state index in [0.717, 1.165) is 11.2 Å². The maximum absolute atomic E-state index is 11.2. The smallest absolute Gasteiger partial charge is 0.178 e. The van der Waals surface area contributed by atoms with Crippen LogP contribution in [-0.4, -0.2) is 15.4 Å². The second kappa shape index (κ2) is 2.69. The summed E-state index contributed by atoms with van der Waals surface area (Å²) in [5, 5.41) is 4.23. The molecule has 0 spiro atoms. The molecule has 0 aromatic carbocycles. The van der Waals surface area contributed by atoms with Crippen molar-refractivity contribution in [2.45, 2.75) is 13.8 Å². The third kappa shape index (κ3) is 1.22. The van der Waals surface area contributed by atoms with Crippen LogP contribution in [0.3, 0.4) is 0 Å². The molecule has 0 radical (unpaired) electrons. The van der Waals surface area contributed by atoms with Gasteiger partial charge in [-0.1, -0.05) is 6.07 Å². The molecule has 0 aliphatic carbocycles. The number of Topliss-reactive ketones (excluding diaryl/α,β-unsaturated/α-hetero) is 1. The summed E-state index contributed by atoms with van der Waals surface area (Å²) in [4.78, 5) is 11.2. The van der Waals surface area contributed by atoms with Crippen LogP contribution in [0.25, 0.3) is 5.52 Å². The molecule has 0 aliphatic heterocycles. The van der Waals surface area contributed by atoms with Crippen molar-refractivity contribution >= 4 is 11.3 Å². The highest BCUT2D eigenvalue weighted by Gasteiger charge is 2.05. The molecule has 3 nitrogen and oxygen atoms in total. The van der Waals surface area contributed by atoms with E-state index >= 15 is 0 Å². The third-order valence-electron chi connectivity index (χ3n) is 1.97. The minimum atomic E-state index is 0.0358. The normalized spacial score (nSPS) is 10.6. The molecule has 2 aromatic heterocycles. The van der Waals surface area contributed by atoms with Crippen LogP contribution in [0.1, 0.15) is 23.1 Å². The van der Waals surface area contributed by atoms with E-state index in [0.29, 0.717) is 5.69 Å². The summed E-state index contributed by atoms with van der Waals surface area (Å²) < 4.78 is 1.68. The molecular formula is C10H10N2O. The van der Waals surface area contributed by atoms with Gasteiger partial charge in [-0.25, -0.2) is 4.52 Å². The Bertz CT molecular complexity index is 471. The molecule has 2 aromatic rings. The Morgan fingerprint density at radius 3 is 2.92 bits per heavy atom. The van der Waals surface area contributed by atoms with Gasteiger partial charge in [-0.3, -0.25) is 4.79 Å². The van der Waals surface area contributed by atoms with Crippen molar-refractivity contribution in [3.05, 3.63) is 35.7 Å². The first-order valence-electron chi connectivity index (χ1n) is 4.15. The number of carbonyl (C=O) groups excluding carboxylic acids is 1. The van der Waals surface area contributed by atoms with E-state index in [1.807, 2.05) is 25.1 Å². The fraction of sp³-hybridized carbons (Fsp3) is 0.200. The first-order valence-corrected chi connectivity index (χ1v) is 4.15. The lowest BCUT2D eigenvalue weighted by Gasteiger charge is -1.98. The van der Waals surface area contributed by atoms with Gasteiger partial charge in [0.05, 0.1) is 11.2 Å². The van der Waals surface area contributed by atoms with E-state index in [4.69, 9.17) is 0 Å². The Hall–Kier alpha value is -1.64. The average molecular weight is 174 g/mol. The summed E-state index contributed by atoms with van der Waals surface area (Å²) in [6.07, 6.45) is 0. The van der Waals surface area contributed by atoms with Crippen LogP contribution in [0.4, 0.5) is 0 Å². The van der Waals surface area contributed by atoms with E-state index in [1.54, 1.807) is 17.5 Å². The number of hydrogen-bond donors (Lipinski definition) is 0. The first kappa shape index (κ1) is 7.98. The van der Waals surface area contributed by atoms with Gasteiger partial charge in [-0.2, -0.15) is 5.10 Å². The summed E-state index contributed by atoms with van der Waals surface area (Å²) in [5.41, 5.74) is 2.52. The highest BCUT2D eigenvalue weighted by molar-refractivity contribution is 5.93. The SMILES string of the molecule is CC(=O)c1cccc2cc(C)nn12. The van der Waals surface area contributed by atoms with E-state index in [2.05, 4.69) is 5.10 Å². The lowest BCUT2D eigenvalue weighted by molar-refractivity contribution is 0.101. The Kier molecular flexibility index (Phi) is 1.65. The van der Waals surface area contributed by atoms with Crippen LogP contribution >= 0.6 is 0 Å². The fourth-order valence-electron chi connectivity index (χ4n) is 1.41. The molecule has 0 N–H and O–H groups in total. The zero-order chi connectivity index (χ0) is 9.42. The van der Waals surface area contributed by atoms with Crippen molar-refractivity contribution in [1.82, 2.24) is 9.61 Å². The Balaban J connectivity index is 2.82. The number of rotatable bonds is 1. The molecule has 13 heavy (non-hydrogen) atoms. The summed E-state index contributed by atoms with van der Waals surface area (Å²) in [6, 6.07) is 7.54. The maximum atomic E-state index is 11.2. The van der Waals surface area contributed by atoms with E-state index in [-0.39, 0.29) is 5.78 Å². The molecule has 0 saturated carbocycles. The highest BCUT2D eigenvalue weighted by atomic mass is 16.1. The summed E-state index contributed by atoms with van der Waals surface area (Å²) in [7, 11) is 0. The zero-order valence-electron chi connectivity index (χ0n) is 7.61. The molecule has 0 saturated heterocycles. The van der Waals surface area contributed by atoms with Crippen LogP contribution in [0.5, 0.6) is 0 Å². The van der Waals surface area contributed by atoms with Gasteiger partial charge in [0.15, 0.2) is 5.78 Å². The molecule has 0 aliphatic rings. The number of aryl methyl sites for hydroxylation is 1. The average Bonchev–Trinajstić information content (AvgIpc) is 2.43. The lowest BCUT2D eigenvalue weighted by atomic mass is 10.2. The molecule has 0 bridgehead atoms. The topological polar surface area (TPSA) is 34.4 Å². The van der Waals surface area contributed by atoms with Gasteiger partial charge in [-0.15, -0.1) is 0 Å². The highest BCUT2D eigenvalue weighted by Crippen LogP contribution is 2.09. The number of aromatic nitrogens is 2. The van der Waals surface area contributed by atoms with Gasteiger partial charge in [0, 0.05) is 6.92 Å². The van der Waals surface area contributed by atoms with Gasteiger partial charge >= 0.3 is 0 Å². The van der Waals surface area contributed by atoms with Gasteiger partial charge < -0.3 is 0 Å². The molecule has 2 heterocycles. The van der Waals surface area contributed by atoms with E-state index < -0.39 is 0 Å². The molecule has 0 amide bonds. The Labute approximate surface area is 76.0 Å². The maximum Gasteiger partial charge on any atom is 0.178 e. The summed E-state index contributed by atoms with van der Waals surface area (Å²) in [5.74, 6) is 0.0358. The quantitative estimate of drug-likeness (QED) is 0.618. The number of nitrogens with zero attached hydrogens (tertiary/aromatic N) is 2. The van der Waals surface area contributed by atoms with Crippen LogP contribution in [0.2, 0.25) is 0 Å². The van der Waals surface area contributed by atoms with Crippen molar-refractivity contribution < 1.29 is 4.79 Å². The van der Waals surface area contributed by atoms with Crippen molar-refractivity contribution in [3.63, 3.8) is 0 Å². The predicted molar refractivity (Wildman–Crippen MR) is 49.9 cm³/mol.